The van der Waals surface area contributed by atoms with Gasteiger partial charge in [0, 0.05) is 12.8 Å². The van der Waals surface area contributed by atoms with E-state index in [2.05, 4.69) is 27.4 Å². The Morgan fingerprint density at radius 2 is 1.87 bits per heavy atom. The van der Waals surface area contributed by atoms with E-state index in [1.165, 1.54) is 0 Å². The molecule has 3 rings (SSSR count). The summed E-state index contributed by atoms with van der Waals surface area (Å²) in [6, 6.07) is 0. The lowest BCUT2D eigenvalue weighted by Crippen LogP contribution is -2.69. The summed E-state index contributed by atoms with van der Waals surface area (Å²) in [6.07, 6.45) is 5.50. The van der Waals surface area contributed by atoms with Crippen molar-refractivity contribution in [2.24, 2.45) is 22.7 Å². The second-order valence-electron chi connectivity index (χ2n) is 9.60. The van der Waals surface area contributed by atoms with Crippen molar-refractivity contribution >= 4 is 5.78 Å². The van der Waals surface area contributed by atoms with Crippen molar-refractivity contribution in [3.8, 4) is 0 Å². The van der Waals surface area contributed by atoms with Crippen LogP contribution in [0.5, 0.6) is 0 Å². The molecule has 0 bridgehead atoms. The molecule has 1 heterocycles. The fourth-order valence-electron chi connectivity index (χ4n) is 6.70. The number of carbonyl (C=O) groups is 1. The third-order valence-electron chi connectivity index (χ3n) is 7.10. The van der Waals surface area contributed by atoms with Crippen molar-refractivity contribution < 1.29 is 14.6 Å². The zero-order valence-corrected chi connectivity index (χ0v) is 15.3. The number of hydrogen-bond donors (Lipinski definition) is 1. The van der Waals surface area contributed by atoms with Crippen molar-refractivity contribution in [3.05, 3.63) is 12.7 Å². The first-order chi connectivity index (χ1) is 10.5. The first-order valence-corrected chi connectivity index (χ1v) is 9.02. The molecule has 6 atom stereocenters. The smallest absolute Gasteiger partial charge is 0.142 e. The molecule has 2 saturated carbocycles. The highest BCUT2D eigenvalue weighted by Gasteiger charge is 2.66. The van der Waals surface area contributed by atoms with Crippen LogP contribution in [-0.2, 0) is 9.53 Å². The first kappa shape index (κ1) is 17.2. The maximum Gasteiger partial charge on any atom is 0.142 e. The molecule has 0 amide bonds. The Balaban J connectivity index is 2.08. The number of Topliss-reactive ketones (excluding diaryl/α,β-unsaturated/α-hetero) is 1. The molecule has 0 spiro atoms. The number of rotatable bonds is 1. The Hall–Kier alpha value is -0.670. The van der Waals surface area contributed by atoms with Gasteiger partial charge in [-0.25, -0.2) is 0 Å². The van der Waals surface area contributed by atoms with Gasteiger partial charge in [0.1, 0.15) is 5.78 Å². The topological polar surface area (TPSA) is 46.5 Å². The number of aliphatic hydroxyl groups excluding tert-OH is 1. The highest BCUT2D eigenvalue weighted by molar-refractivity contribution is 5.85. The Kier molecular flexibility index (Phi) is 3.67. The van der Waals surface area contributed by atoms with Gasteiger partial charge in [-0.1, -0.05) is 33.3 Å². The van der Waals surface area contributed by atoms with Crippen LogP contribution in [0.1, 0.15) is 66.7 Å². The molecule has 1 aliphatic heterocycles. The van der Waals surface area contributed by atoms with Gasteiger partial charge in [-0.05, 0) is 43.4 Å². The van der Waals surface area contributed by atoms with Crippen molar-refractivity contribution in [1.82, 2.24) is 0 Å². The van der Waals surface area contributed by atoms with Crippen molar-refractivity contribution in [1.29, 1.82) is 0 Å². The van der Waals surface area contributed by atoms with E-state index in [4.69, 9.17) is 4.74 Å². The molecule has 130 valence electrons. The SMILES string of the molecule is C=C[C@@]1(C)CC(=O)[C@@H]2[C@@]3(C)CCCC(C)(C)[C@@H]3[C@H](O)C[C@@]2(C)O1. The van der Waals surface area contributed by atoms with Gasteiger partial charge in [0.25, 0.3) is 0 Å². The highest BCUT2D eigenvalue weighted by atomic mass is 16.5. The standard InChI is InChI=1S/C20H32O3/c1-7-18(4)11-13(21)16-19(5)10-8-9-17(2,3)15(19)14(22)12-20(16,6)23-18/h7,14-16,22H,1,8-12H2,2-6H3/t14-,15+,16-,18+,19+,20-/m1/s1. The van der Waals surface area contributed by atoms with Crippen molar-refractivity contribution in [2.75, 3.05) is 0 Å². The number of fused-ring (bicyclic) bond motifs is 3. The van der Waals surface area contributed by atoms with E-state index in [1.54, 1.807) is 6.08 Å². The summed E-state index contributed by atoms with van der Waals surface area (Å²) in [7, 11) is 0. The summed E-state index contributed by atoms with van der Waals surface area (Å²) in [5.74, 6) is 0.316. The quantitative estimate of drug-likeness (QED) is 0.746. The van der Waals surface area contributed by atoms with Crippen LogP contribution in [0.2, 0.25) is 0 Å². The molecule has 1 N–H and O–H groups in total. The maximum atomic E-state index is 13.2. The van der Waals surface area contributed by atoms with Crippen LogP contribution < -0.4 is 0 Å². The lowest BCUT2D eigenvalue weighted by atomic mass is 9.43. The molecule has 3 fully saturated rings. The van der Waals surface area contributed by atoms with E-state index >= 15 is 0 Å². The fraction of sp³-hybridized carbons (Fsp3) is 0.850. The molecule has 3 nitrogen and oxygen atoms in total. The second kappa shape index (κ2) is 4.92. The van der Waals surface area contributed by atoms with Crippen LogP contribution in [-0.4, -0.2) is 28.2 Å². The molecule has 0 aromatic carbocycles. The van der Waals surface area contributed by atoms with Crippen LogP contribution in [0, 0.1) is 22.7 Å². The van der Waals surface area contributed by atoms with E-state index in [-0.39, 0.29) is 22.7 Å². The minimum Gasteiger partial charge on any atom is -0.393 e. The van der Waals surface area contributed by atoms with Crippen molar-refractivity contribution in [3.63, 3.8) is 0 Å². The molecule has 0 aromatic heterocycles. The molecule has 23 heavy (non-hydrogen) atoms. The number of carbonyl (C=O) groups excluding carboxylic acids is 1. The van der Waals surface area contributed by atoms with Crippen LogP contribution in [0.15, 0.2) is 12.7 Å². The van der Waals surface area contributed by atoms with Gasteiger partial charge in [0.2, 0.25) is 0 Å². The van der Waals surface area contributed by atoms with Gasteiger partial charge in [-0.2, -0.15) is 0 Å². The number of hydrogen-bond acceptors (Lipinski definition) is 3. The summed E-state index contributed by atoms with van der Waals surface area (Å²) in [5.41, 5.74) is -1.34. The zero-order chi connectivity index (χ0) is 17.3. The van der Waals surface area contributed by atoms with Crippen LogP contribution in [0.4, 0.5) is 0 Å². The molecule has 1 saturated heterocycles. The number of ketones is 1. The van der Waals surface area contributed by atoms with E-state index in [1.807, 2.05) is 13.8 Å². The maximum absolute atomic E-state index is 13.2. The predicted molar refractivity (Wildman–Crippen MR) is 91.1 cm³/mol. The van der Waals surface area contributed by atoms with E-state index < -0.39 is 17.3 Å². The van der Waals surface area contributed by atoms with Gasteiger partial charge < -0.3 is 9.84 Å². The average molecular weight is 320 g/mol. The van der Waals surface area contributed by atoms with Gasteiger partial charge in [-0.15, -0.1) is 6.58 Å². The van der Waals surface area contributed by atoms with Gasteiger partial charge >= 0.3 is 0 Å². The summed E-state index contributed by atoms with van der Waals surface area (Å²) in [5, 5.41) is 11.0. The Bertz CT molecular complexity index is 539. The van der Waals surface area contributed by atoms with Gasteiger partial charge in [0.05, 0.1) is 23.2 Å². The third-order valence-corrected chi connectivity index (χ3v) is 7.10. The molecule has 3 heteroatoms. The van der Waals surface area contributed by atoms with Gasteiger partial charge in [-0.3, -0.25) is 4.79 Å². The second-order valence-corrected chi connectivity index (χ2v) is 9.60. The Morgan fingerprint density at radius 1 is 1.22 bits per heavy atom. The average Bonchev–Trinajstić information content (AvgIpc) is 2.34. The summed E-state index contributed by atoms with van der Waals surface area (Å²) >= 11 is 0. The minimum absolute atomic E-state index is 0.0627. The minimum atomic E-state index is -0.616. The van der Waals surface area contributed by atoms with E-state index in [9.17, 15) is 9.90 Å². The van der Waals surface area contributed by atoms with Crippen molar-refractivity contribution in [2.45, 2.75) is 84.0 Å². The monoisotopic (exact) mass is 320 g/mol. The summed E-state index contributed by atoms with van der Waals surface area (Å²) in [6.45, 7) is 14.6. The molecular formula is C20H32O3. The molecule has 2 aliphatic carbocycles. The Labute approximate surface area is 140 Å². The largest absolute Gasteiger partial charge is 0.393 e. The first-order valence-electron chi connectivity index (χ1n) is 9.02. The van der Waals surface area contributed by atoms with Gasteiger partial charge in [0.15, 0.2) is 0 Å². The van der Waals surface area contributed by atoms with Crippen LogP contribution in [0.3, 0.4) is 0 Å². The third kappa shape index (κ3) is 2.34. The lowest BCUT2D eigenvalue weighted by Gasteiger charge is -2.65. The Morgan fingerprint density at radius 3 is 2.48 bits per heavy atom. The molecular weight excluding hydrogens is 288 g/mol. The van der Waals surface area contributed by atoms with E-state index in [0.717, 1.165) is 19.3 Å². The summed E-state index contributed by atoms with van der Waals surface area (Å²) < 4.78 is 6.44. The number of aliphatic hydroxyl groups is 1. The van der Waals surface area contributed by atoms with Crippen LogP contribution >= 0.6 is 0 Å². The predicted octanol–water partition coefficient (Wildman–Crippen LogP) is 3.89. The molecule has 0 radical (unpaired) electrons. The van der Waals surface area contributed by atoms with E-state index in [0.29, 0.717) is 18.6 Å². The highest BCUT2D eigenvalue weighted by Crippen LogP contribution is 2.64. The lowest BCUT2D eigenvalue weighted by molar-refractivity contribution is -0.263. The molecule has 0 unspecified atom stereocenters. The fourth-order valence-corrected chi connectivity index (χ4v) is 6.70. The number of ether oxygens (including phenoxy) is 1. The van der Waals surface area contributed by atoms with Crippen LogP contribution in [0.25, 0.3) is 0 Å². The normalized spacial score (nSPS) is 52.4. The molecule has 3 aliphatic rings. The summed E-state index contributed by atoms with van der Waals surface area (Å²) in [4.78, 5) is 13.2. The zero-order valence-electron chi connectivity index (χ0n) is 15.3. The molecule has 0 aromatic rings.